The largest absolute Gasteiger partial charge is 0.495 e. The minimum absolute atomic E-state index is 0.0319. The second-order valence-electron chi connectivity index (χ2n) is 5.63. The van der Waals surface area contributed by atoms with Crippen LogP contribution in [0.5, 0.6) is 5.75 Å². The van der Waals surface area contributed by atoms with Crippen molar-refractivity contribution >= 4 is 21.8 Å². The van der Waals surface area contributed by atoms with Gasteiger partial charge in [-0.05, 0) is 23.6 Å². The number of hydrogen-bond acceptors (Lipinski definition) is 5. The summed E-state index contributed by atoms with van der Waals surface area (Å²) in [5, 5.41) is 0. The molecule has 0 radical (unpaired) electrons. The summed E-state index contributed by atoms with van der Waals surface area (Å²) in [7, 11) is -2.19. The first-order valence-electron chi connectivity index (χ1n) is 7.44. The molecule has 1 saturated heterocycles. The lowest BCUT2D eigenvalue weighted by Gasteiger charge is -2.27. The third-order valence-corrected chi connectivity index (χ3v) is 5.33. The molecule has 128 valence electrons. The van der Waals surface area contributed by atoms with Crippen LogP contribution in [0.25, 0.3) is 6.08 Å². The molecule has 6 nitrogen and oxygen atoms in total. The number of nitrogens with one attached hydrogen (secondary N) is 2. The Hall–Kier alpha value is -2.30. The molecule has 1 fully saturated rings. The van der Waals surface area contributed by atoms with Crippen molar-refractivity contribution in [3.8, 4) is 18.1 Å². The number of sulfone groups is 1. The summed E-state index contributed by atoms with van der Waals surface area (Å²) in [6.45, 7) is 1.97. The minimum Gasteiger partial charge on any atom is -0.495 e. The van der Waals surface area contributed by atoms with Crippen LogP contribution in [-0.2, 0) is 14.6 Å². The molecule has 1 aliphatic rings. The van der Waals surface area contributed by atoms with Gasteiger partial charge < -0.3 is 4.74 Å². The third-order valence-electron chi connectivity index (χ3n) is 3.79. The van der Waals surface area contributed by atoms with Gasteiger partial charge in [0.05, 0.1) is 7.11 Å². The number of hydrogen-bond donors (Lipinski definition) is 2. The summed E-state index contributed by atoms with van der Waals surface area (Å²) >= 11 is 0. The van der Waals surface area contributed by atoms with Crippen LogP contribution in [0, 0.1) is 18.3 Å². The van der Waals surface area contributed by atoms with E-state index in [9.17, 15) is 13.2 Å². The van der Waals surface area contributed by atoms with Gasteiger partial charge in [-0.2, -0.15) is 0 Å². The van der Waals surface area contributed by atoms with Crippen LogP contribution < -0.4 is 15.6 Å². The van der Waals surface area contributed by atoms with Crippen LogP contribution in [-0.4, -0.2) is 33.2 Å². The molecule has 0 spiro atoms. The Bertz CT molecular complexity index is 793. The van der Waals surface area contributed by atoms with Gasteiger partial charge in [0.15, 0.2) is 9.84 Å². The van der Waals surface area contributed by atoms with Crippen molar-refractivity contribution in [2.24, 2.45) is 5.92 Å². The molecule has 1 amide bonds. The van der Waals surface area contributed by atoms with E-state index in [1.54, 1.807) is 18.2 Å². The highest BCUT2D eigenvalue weighted by Gasteiger charge is 2.23. The van der Waals surface area contributed by atoms with Gasteiger partial charge in [-0.25, -0.2) is 13.8 Å². The van der Waals surface area contributed by atoms with Crippen LogP contribution in [0.2, 0.25) is 0 Å². The quantitative estimate of drug-likeness (QED) is 0.780. The van der Waals surface area contributed by atoms with Crippen molar-refractivity contribution in [3.05, 3.63) is 29.8 Å². The molecule has 0 aromatic heterocycles. The average molecular weight is 348 g/mol. The zero-order chi connectivity index (χ0) is 17.7. The minimum atomic E-state index is -3.60. The monoisotopic (exact) mass is 348 g/mol. The zero-order valence-corrected chi connectivity index (χ0v) is 14.4. The number of rotatable bonds is 5. The Morgan fingerprint density at radius 1 is 1.46 bits per heavy atom. The fourth-order valence-electron chi connectivity index (χ4n) is 2.46. The fraction of sp³-hybridized carbons (Fsp3) is 0.353. The summed E-state index contributed by atoms with van der Waals surface area (Å²) in [4.78, 5) is 11.4. The first kappa shape index (κ1) is 18.0. The van der Waals surface area contributed by atoms with Crippen molar-refractivity contribution < 1.29 is 17.9 Å². The third kappa shape index (κ3) is 4.16. The SMILES string of the molecule is C#CCS(=O)(=O)c1cc(/C=C/C2NNC(=O)CC2C)ccc1OC. The molecule has 2 rings (SSSR count). The van der Waals surface area contributed by atoms with Gasteiger partial charge in [-0.1, -0.05) is 31.1 Å². The number of carbonyl (C=O) groups is 1. The number of hydrazine groups is 1. The topological polar surface area (TPSA) is 84.5 Å². The lowest BCUT2D eigenvalue weighted by molar-refractivity contribution is -0.125. The molecule has 1 heterocycles. The summed E-state index contributed by atoms with van der Waals surface area (Å²) in [6, 6.07) is 4.86. The van der Waals surface area contributed by atoms with Crippen LogP contribution in [0.15, 0.2) is 29.2 Å². The standard InChI is InChI=1S/C17H20N2O4S/c1-4-9-24(21,22)16-11-13(6-8-15(16)23-3)5-7-14-12(2)10-17(20)19-18-14/h1,5-8,11-12,14,18H,9-10H2,2-3H3,(H,19,20)/b7-5+. The Balaban J connectivity index is 2.27. The molecule has 0 saturated carbocycles. The molecule has 2 unspecified atom stereocenters. The van der Waals surface area contributed by atoms with Crippen LogP contribution >= 0.6 is 0 Å². The van der Waals surface area contributed by atoms with Crippen LogP contribution in [0.4, 0.5) is 0 Å². The van der Waals surface area contributed by atoms with Crippen molar-refractivity contribution in [3.63, 3.8) is 0 Å². The van der Waals surface area contributed by atoms with E-state index >= 15 is 0 Å². The average Bonchev–Trinajstić information content (AvgIpc) is 2.54. The molecule has 2 N–H and O–H groups in total. The van der Waals surface area contributed by atoms with E-state index in [0.717, 1.165) is 0 Å². The number of carbonyl (C=O) groups excluding carboxylic acids is 1. The van der Waals surface area contributed by atoms with E-state index in [-0.39, 0.29) is 34.3 Å². The molecule has 1 aliphatic heterocycles. The van der Waals surface area contributed by atoms with Crippen molar-refractivity contribution in [2.75, 3.05) is 12.9 Å². The van der Waals surface area contributed by atoms with E-state index in [2.05, 4.69) is 16.8 Å². The number of benzene rings is 1. The van der Waals surface area contributed by atoms with E-state index in [1.165, 1.54) is 13.2 Å². The number of terminal acetylenes is 1. The number of ether oxygens (including phenoxy) is 1. The van der Waals surface area contributed by atoms with Crippen molar-refractivity contribution in [2.45, 2.75) is 24.3 Å². The van der Waals surface area contributed by atoms with Crippen molar-refractivity contribution in [1.29, 1.82) is 0 Å². The Morgan fingerprint density at radius 3 is 2.83 bits per heavy atom. The summed E-state index contributed by atoms with van der Waals surface area (Å²) < 4.78 is 29.6. The smallest absolute Gasteiger partial charge is 0.234 e. The van der Waals surface area contributed by atoms with Gasteiger partial charge in [0.1, 0.15) is 16.4 Å². The van der Waals surface area contributed by atoms with Gasteiger partial charge >= 0.3 is 0 Å². The maximum absolute atomic E-state index is 12.3. The Kier molecular flexibility index (Phi) is 5.65. The van der Waals surface area contributed by atoms with Gasteiger partial charge in [0, 0.05) is 12.5 Å². The van der Waals surface area contributed by atoms with Crippen LogP contribution in [0.1, 0.15) is 18.9 Å². The highest BCUT2D eigenvalue weighted by molar-refractivity contribution is 7.91. The molecule has 0 bridgehead atoms. The van der Waals surface area contributed by atoms with Crippen molar-refractivity contribution in [1.82, 2.24) is 10.9 Å². The first-order valence-corrected chi connectivity index (χ1v) is 9.09. The maximum atomic E-state index is 12.3. The molecule has 0 aliphatic carbocycles. The van der Waals surface area contributed by atoms with Gasteiger partial charge in [0.2, 0.25) is 5.91 Å². The van der Waals surface area contributed by atoms with E-state index in [0.29, 0.717) is 12.0 Å². The predicted molar refractivity (Wildman–Crippen MR) is 91.8 cm³/mol. The lowest BCUT2D eigenvalue weighted by atomic mass is 9.96. The predicted octanol–water partition coefficient (Wildman–Crippen LogP) is 1.14. The van der Waals surface area contributed by atoms with Gasteiger partial charge in [0.25, 0.3) is 0 Å². The second-order valence-corrected chi connectivity index (χ2v) is 7.59. The molecule has 2 atom stereocenters. The van der Waals surface area contributed by atoms with E-state index in [4.69, 9.17) is 11.2 Å². The molecule has 1 aromatic carbocycles. The van der Waals surface area contributed by atoms with Crippen LogP contribution in [0.3, 0.4) is 0 Å². The lowest BCUT2D eigenvalue weighted by Crippen LogP contribution is -2.52. The molecule has 24 heavy (non-hydrogen) atoms. The second kappa shape index (κ2) is 7.51. The zero-order valence-electron chi connectivity index (χ0n) is 13.6. The summed E-state index contributed by atoms with van der Waals surface area (Å²) in [5.74, 6) is 2.13. The van der Waals surface area contributed by atoms with Gasteiger partial charge in [-0.15, -0.1) is 6.42 Å². The number of methoxy groups -OCH3 is 1. The summed E-state index contributed by atoms with van der Waals surface area (Å²) in [5.41, 5.74) is 6.22. The fourth-order valence-corrected chi connectivity index (χ4v) is 3.61. The first-order chi connectivity index (χ1) is 11.4. The van der Waals surface area contributed by atoms with Gasteiger partial charge in [-0.3, -0.25) is 10.2 Å². The van der Waals surface area contributed by atoms with E-state index in [1.807, 2.05) is 13.0 Å². The Labute approximate surface area is 142 Å². The number of amides is 1. The highest BCUT2D eigenvalue weighted by Crippen LogP contribution is 2.26. The summed E-state index contributed by atoms with van der Waals surface area (Å²) in [6.07, 6.45) is 9.27. The molecule has 1 aromatic rings. The Morgan fingerprint density at radius 2 is 2.21 bits per heavy atom. The normalized spacial score (nSPS) is 21.3. The molecular weight excluding hydrogens is 328 g/mol. The van der Waals surface area contributed by atoms with E-state index < -0.39 is 9.84 Å². The maximum Gasteiger partial charge on any atom is 0.234 e. The highest BCUT2D eigenvalue weighted by atomic mass is 32.2. The molecule has 7 heteroatoms. The molecular formula is C17H20N2O4S.